The molecule has 0 N–H and O–H groups in total. The number of halogens is 4. The third kappa shape index (κ3) is 4.71. The van der Waals surface area contributed by atoms with E-state index in [0.29, 0.717) is 20.1 Å². The van der Waals surface area contributed by atoms with Gasteiger partial charge in [-0.1, -0.05) is 58.6 Å². The zero-order valence-corrected chi connectivity index (χ0v) is 15.9. The van der Waals surface area contributed by atoms with Crippen LogP contribution in [0, 0.1) is 0 Å². The van der Waals surface area contributed by atoms with Crippen LogP contribution in [0.25, 0.3) is 0 Å². The molecule has 2 unspecified atom stereocenters. The van der Waals surface area contributed by atoms with Crippen molar-refractivity contribution in [2.75, 3.05) is 0 Å². The third-order valence-corrected chi connectivity index (χ3v) is 5.89. The summed E-state index contributed by atoms with van der Waals surface area (Å²) >= 11 is 26.4. The first-order chi connectivity index (χ1) is 11.0. The highest BCUT2D eigenvalue weighted by Crippen LogP contribution is 2.46. The van der Waals surface area contributed by atoms with Gasteiger partial charge in [-0.15, -0.1) is 24.9 Å². The van der Waals surface area contributed by atoms with Gasteiger partial charge in [0.2, 0.25) is 0 Å². The van der Waals surface area contributed by atoms with E-state index in [-0.39, 0.29) is 10.5 Å². The van der Waals surface area contributed by atoms with Crippen LogP contribution in [0.3, 0.4) is 0 Å². The van der Waals surface area contributed by atoms with Crippen molar-refractivity contribution in [2.45, 2.75) is 10.5 Å². The first-order valence-corrected chi connectivity index (χ1v) is 9.22. The van der Waals surface area contributed by atoms with Crippen LogP contribution in [-0.4, -0.2) is 0 Å². The summed E-state index contributed by atoms with van der Waals surface area (Å²) in [7, 11) is 0. The standard InChI is InChI=1S/C18H14Cl4S/c1-3-17(13-9-11(19)5-7-15(13)21)23-18(4-2)14-10-12(20)6-8-16(14)22/h3-10,17-18H,1-2H2. The van der Waals surface area contributed by atoms with Gasteiger partial charge in [-0.3, -0.25) is 0 Å². The topological polar surface area (TPSA) is 0 Å². The highest BCUT2D eigenvalue weighted by Gasteiger charge is 2.20. The van der Waals surface area contributed by atoms with Crippen LogP contribution in [0.15, 0.2) is 61.7 Å². The fraction of sp³-hybridized carbons (Fsp3) is 0.111. The van der Waals surface area contributed by atoms with Gasteiger partial charge in [0.25, 0.3) is 0 Å². The fourth-order valence-corrected chi connectivity index (χ4v) is 4.32. The van der Waals surface area contributed by atoms with E-state index < -0.39 is 0 Å². The van der Waals surface area contributed by atoms with Crippen LogP contribution < -0.4 is 0 Å². The maximum atomic E-state index is 6.31. The van der Waals surface area contributed by atoms with Gasteiger partial charge in [0.15, 0.2) is 0 Å². The van der Waals surface area contributed by atoms with E-state index in [9.17, 15) is 0 Å². The lowest BCUT2D eigenvalue weighted by molar-refractivity contribution is 1.17. The monoisotopic (exact) mass is 402 g/mol. The Morgan fingerprint density at radius 2 is 1.13 bits per heavy atom. The third-order valence-electron chi connectivity index (χ3n) is 3.25. The molecule has 0 fully saturated rings. The average Bonchev–Trinajstić information content (AvgIpc) is 2.54. The highest BCUT2D eigenvalue weighted by atomic mass is 35.5. The molecule has 2 aromatic rings. The van der Waals surface area contributed by atoms with E-state index in [2.05, 4.69) is 13.2 Å². The Balaban J connectivity index is 2.35. The molecule has 0 heterocycles. The molecule has 0 aliphatic heterocycles. The van der Waals surface area contributed by atoms with Crippen molar-refractivity contribution in [3.8, 4) is 0 Å². The zero-order valence-electron chi connectivity index (χ0n) is 12.1. The Morgan fingerprint density at radius 1 is 0.739 bits per heavy atom. The molecule has 2 rings (SSSR count). The van der Waals surface area contributed by atoms with Gasteiger partial charge in [-0.25, -0.2) is 0 Å². The van der Waals surface area contributed by atoms with Crippen LogP contribution in [0.4, 0.5) is 0 Å². The van der Waals surface area contributed by atoms with Crippen molar-refractivity contribution in [2.24, 2.45) is 0 Å². The maximum absolute atomic E-state index is 6.31. The smallest absolute Gasteiger partial charge is 0.0499 e. The van der Waals surface area contributed by atoms with Crippen molar-refractivity contribution in [3.63, 3.8) is 0 Å². The molecule has 120 valence electrons. The summed E-state index contributed by atoms with van der Waals surface area (Å²) in [6.45, 7) is 7.83. The molecule has 0 amide bonds. The van der Waals surface area contributed by atoms with Gasteiger partial charge < -0.3 is 0 Å². The second-order valence-corrected chi connectivity index (χ2v) is 7.76. The van der Waals surface area contributed by atoms with Crippen LogP contribution in [0.1, 0.15) is 21.6 Å². The molecule has 0 saturated carbocycles. The largest absolute Gasteiger partial charge is 0.137 e. The molecule has 0 aliphatic rings. The Bertz CT molecular complexity index is 665. The Kier molecular flexibility index (Phi) is 6.94. The van der Waals surface area contributed by atoms with Gasteiger partial charge >= 0.3 is 0 Å². The molecular weight excluding hydrogens is 390 g/mol. The second-order valence-electron chi connectivity index (χ2n) is 4.78. The predicted molar refractivity (Wildman–Crippen MR) is 106 cm³/mol. The molecule has 0 radical (unpaired) electrons. The van der Waals surface area contributed by atoms with Gasteiger partial charge in [0, 0.05) is 30.6 Å². The molecule has 0 nitrogen and oxygen atoms in total. The second kappa shape index (κ2) is 8.50. The molecule has 0 spiro atoms. The summed E-state index contributed by atoms with van der Waals surface area (Å²) in [5.74, 6) is 0. The predicted octanol–water partition coefficient (Wildman–Crippen LogP) is 8.19. The zero-order chi connectivity index (χ0) is 17.0. The molecule has 0 bridgehead atoms. The number of thioether (sulfide) groups is 1. The van der Waals surface area contributed by atoms with Crippen molar-refractivity contribution in [1.82, 2.24) is 0 Å². The minimum absolute atomic E-state index is 0.0563. The lowest BCUT2D eigenvalue weighted by Crippen LogP contribution is -1.98. The quantitative estimate of drug-likeness (QED) is 0.438. The van der Waals surface area contributed by atoms with Crippen molar-refractivity contribution >= 4 is 58.2 Å². The first kappa shape index (κ1) is 18.8. The molecule has 23 heavy (non-hydrogen) atoms. The number of hydrogen-bond donors (Lipinski definition) is 0. The van der Waals surface area contributed by atoms with Crippen LogP contribution >= 0.6 is 58.2 Å². The summed E-state index contributed by atoms with van der Waals surface area (Å²) in [5, 5.41) is 2.44. The van der Waals surface area contributed by atoms with E-state index in [1.54, 1.807) is 36.0 Å². The fourth-order valence-electron chi connectivity index (χ4n) is 2.13. The maximum Gasteiger partial charge on any atom is 0.0499 e. The lowest BCUT2D eigenvalue weighted by atomic mass is 10.1. The molecule has 0 aliphatic carbocycles. The van der Waals surface area contributed by atoms with E-state index in [0.717, 1.165) is 11.1 Å². The summed E-state index contributed by atoms with van der Waals surface area (Å²) in [6, 6.07) is 10.8. The van der Waals surface area contributed by atoms with Gasteiger partial charge in [0.1, 0.15) is 0 Å². The minimum atomic E-state index is -0.0563. The van der Waals surface area contributed by atoms with Crippen molar-refractivity contribution < 1.29 is 0 Å². The van der Waals surface area contributed by atoms with Gasteiger partial charge in [-0.05, 0) is 47.5 Å². The summed E-state index contributed by atoms with van der Waals surface area (Å²) in [5.41, 5.74) is 1.81. The number of hydrogen-bond acceptors (Lipinski definition) is 1. The van der Waals surface area contributed by atoms with E-state index >= 15 is 0 Å². The first-order valence-electron chi connectivity index (χ1n) is 6.76. The van der Waals surface area contributed by atoms with E-state index in [1.165, 1.54) is 0 Å². The van der Waals surface area contributed by atoms with Crippen LogP contribution in [0.2, 0.25) is 20.1 Å². The number of rotatable bonds is 6. The molecule has 0 aromatic heterocycles. The van der Waals surface area contributed by atoms with Crippen LogP contribution in [-0.2, 0) is 0 Å². The summed E-state index contributed by atoms with van der Waals surface area (Å²) in [6.07, 6.45) is 3.66. The molecule has 2 aromatic carbocycles. The van der Waals surface area contributed by atoms with Crippen molar-refractivity contribution in [3.05, 3.63) is 92.9 Å². The Morgan fingerprint density at radius 3 is 1.48 bits per heavy atom. The number of benzene rings is 2. The minimum Gasteiger partial charge on any atom is -0.137 e. The van der Waals surface area contributed by atoms with E-state index in [1.807, 2.05) is 24.3 Å². The van der Waals surface area contributed by atoms with Gasteiger partial charge in [-0.2, -0.15) is 0 Å². The SMILES string of the molecule is C=CC(SC(C=C)c1cc(Cl)ccc1Cl)c1cc(Cl)ccc1Cl. The Labute approximate surface area is 161 Å². The Hall–Kier alpha value is -0.570. The molecule has 5 heteroatoms. The highest BCUT2D eigenvalue weighted by molar-refractivity contribution is 8.00. The van der Waals surface area contributed by atoms with Gasteiger partial charge in [0.05, 0.1) is 0 Å². The van der Waals surface area contributed by atoms with E-state index in [4.69, 9.17) is 46.4 Å². The molecule has 2 atom stereocenters. The molecule has 0 saturated heterocycles. The summed E-state index contributed by atoms with van der Waals surface area (Å²) < 4.78 is 0. The summed E-state index contributed by atoms with van der Waals surface area (Å²) in [4.78, 5) is 0. The lowest BCUT2D eigenvalue weighted by Gasteiger charge is -2.21. The average molecular weight is 404 g/mol. The van der Waals surface area contributed by atoms with Crippen molar-refractivity contribution in [1.29, 1.82) is 0 Å². The normalized spacial score (nSPS) is 13.4. The van der Waals surface area contributed by atoms with Crippen LogP contribution in [0.5, 0.6) is 0 Å². The molecular formula is C18H14Cl4S.